The molecule has 0 bridgehead atoms. The fourth-order valence-electron chi connectivity index (χ4n) is 2.25. The first-order valence-corrected chi connectivity index (χ1v) is 7.13. The molecule has 104 valence electrons. The van der Waals surface area contributed by atoms with Crippen LogP contribution in [0.1, 0.15) is 4.88 Å². The summed E-state index contributed by atoms with van der Waals surface area (Å²) in [6.45, 7) is 0.876. The molecule has 1 N–H and O–H groups in total. The van der Waals surface area contributed by atoms with Gasteiger partial charge in [0.2, 0.25) is 11.8 Å². The molecule has 0 atom stereocenters. The summed E-state index contributed by atoms with van der Waals surface area (Å²) in [5.41, 5.74) is 0. The summed E-state index contributed by atoms with van der Waals surface area (Å²) in [6, 6.07) is 3.30. The molecule has 7 heteroatoms. The Morgan fingerprint density at radius 3 is 2.80 bits per heavy atom. The summed E-state index contributed by atoms with van der Waals surface area (Å²) in [4.78, 5) is 38.7. The second-order valence-corrected chi connectivity index (χ2v) is 5.65. The van der Waals surface area contributed by atoms with Gasteiger partial charge in [-0.05, 0) is 17.5 Å². The number of imide groups is 1. The maximum absolute atomic E-state index is 11.9. The zero-order chi connectivity index (χ0) is 14.1. The van der Waals surface area contributed by atoms with E-state index in [1.165, 1.54) is 11.0 Å². The number of carbonyl (C=O) groups excluding carboxylic acids is 3. The first kappa shape index (κ1) is 12.9. The van der Waals surface area contributed by atoms with E-state index in [4.69, 9.17) is 0 Å². The SMILES string of the molecule is O=C(/C=C/c1cccs1)N1CC(N2C(=O)CNC2=O)C1. The van der Waals surface area contributed by atoms with Crippen molar-refractivity contribution in [3.05, 3.63) is 28.5 Å². The Bertz CT molecular complexity index is 560. The lowest BCUT2D eigenvalue weighted by Crippen LogP contribution is -2.62. The highest BCUT2D eigenvalue weighted by molar-refractivity contribution is 7.10. The normalized spacial score (nSPS) is 19.6. The molecule has 0 unspecified atom stereocenters. The molecule has 3 heterocycles. The van der Waals surface area contributed by atoms with E-state index >= 15 is 0 Å². The van der Waals surface area contributed by atoms with Crippen molar-refractivity contribution in [2.45, 2.75) is 6.04 Å². The van der Waals surface area contributed by atoms with Crippen LogP contribution in [-0.2, 0) is 9.59 Å². The number of urea groups is 1. The van der Waals surface area contributed by atoms with Crippen molar-refractivity contribution in [3.63, 3.8) is 0 Å². The molecule has 0 spiro atoms. The summed E-state index contributed by atoms with van der Waals surface area (Å²) < 4.78 is 0. The Morgan fingerprint density at radius 1 is 1.40 bits per heavy atom. The molecule has 6 nitrogen and oxygen atoms in total. The highest BCUT2D eigenvalue weighted by atomic mass is 32.1. The van der Waals surface area contributed by atoms with Gasteiger partial charge in [0.05, 0.1) is 12.6 Å². The summed E-state index contributed by atoms with van der Waals surface area (Å²) >= 11 is 1.56. The van der Waals surface area contributed by atoms with E-state index < -0.39 is 0 Å². The predicted octanol–water partition coefficient (Wildman–Crippen LogP) is 0.524. The maximum Gasteiger partial charge on any atom is 0.324 e. The number of nitrogens with one attached hydrogen (secondary N) is 1. The van der Waals surface area contributed by atoms with E-state index in [0.29, 0.717) is 13.1 Å². The van der Waals surface area contributed by atoms with E-state index in [1.807, 2.05) is 17.5 Å². The molecule has 20 heavy (non-hydrogen) atoms. The molecule has 2 saturated heterocycles. The number of nitrogens with zero attached hydrogens (tertiary/aromatic N) is 2. The Hall–Kier alpha value is -2.15. The summed E-state index contributed by atoms with van der Waals surface area (Å²) in [6.07, 6.45) is 3.29. The lowest BCUT2D eigenvalue weighted by molar-refractivity contribution is -0.138. The third kappa shape index (κ3) is 2.32. The zero-order valence-electron chi connectivity index (χ0n) is 10.6. The number of hydrogen-bond acceptors (Lipinski definition) is 4. The number of amides is 4. The van der Waals surface area contributed by atoms with Crippen molar-refractivity contribution < 1.29 is 14.4 Å². The van der Waals surface area contributed by atoms with Gasteiger partial charge in [0.15, 0.2) is 0 Å². The van der Waals surface area contributed by atoms with Gasteiger partial charge in [-0.1, -0.05) is 6.07 Å². The van der Waals surface area contributed by atoms with Crippen LogP contribution in [0.15, 0.2) is 23.6 Å². The minimum Gasteiger partial charge on any atom is -0.335 e. The first-order chi connectivity index (χ1) is 9.65. The van der Waals surface area contributed by atoms with Gasteiger partial charge < -0.3 is 10.2 Å². The van der Waals surface area contributed by atoms with Crippen molar-refractivity contribution in [2.24, 2.45) is 0 Å². The Balaban J connectivity index is 1.54. The number of carbonyl (C=O) groups is 3. The van der Waals surface area contributed by atoms with Crippen LogP contribution in [0.3, 0.4) is 0 Å². The smallest absolute Gasteiger partial charge is 0.324 e. The molecule has 0 aromatic carbocycles. The van der Waals surface area contributed by atoms with Gasteiger partial charge in [0, 0.05) is 24.0 Å². The standard InChI is InChI=1S/C13H13N3O3S/c17-11(4-3-10-2-1-5-20-10)15-7-9(8-15)16-12(18)6-14-13(16)19/h1-5,9H,6-8H2,(H,14,19)/b4-3+. The first-order valence-electron chi connectivity index (χ1n) is 6.25. The number of rotatable bonds is 3. The largest absolute Gasteiger partial charge is 0.335 e. The van der Waals surface area contributed by atoms with Gasteiger partial charge in [-0.25, -0.2) is 4.79 Å². The van der Waals surface area contributed by atoms with E-state index in [-0.39, 0.29) is 30.4 Å². The minimum absolute atomic E-state index is 0.0571. The predicted molar refractivity (Wildman–Crippen MR) is 74.0 cm³/mol. The summed E-state index contributed by atoms with van der Waals surface area (Å²) in [5, 5.41) is 4.42. The molecular weight excluding hydrogens is 278 g/mol. The highest BCUT2D eigenvalue weighted by Crippen LogP contribution is 2.18. The van der Waals surface area contributed by atoms with Crippen molar-refractivity contribution in [1.82, 2.24) is 15.1 Å². The fraction of sp³-hybridized carbons (Fsp3) is 0.308. The molecule has 4 amide bonds. The van der Waals surface area contributed by atoms with Crippen molar-refractivity contribution in [3.8, 4) is 0 Å². The molecule has 2 aliphatic rings. The van der Waals surface area contributed by atoms with Gasteiger partial charge in [0.25, 0.3) is 0 Å². The van der Waals surface area contributed by atoms with Gasteiger partial charge in [-0.3, -0.25) is 14.5 Å². The topological polar surface area (TPSA) is 69.7 Å². The Morgan fingerprint density at radius 2 is 2.20 bits per heavy atom. The Labute approximate surface area is 119 Å². The minimum atomic E-state index is -0.360. The second kappa shape index (κ2) is 5.09. The average Bonchev–Trinajstić information content (AvgIpc) is 2.99. The molecule has 3 rings (SSSR count). The highest BCUT2D eigenvalue weighted by Gasteiger charge is 2.42. The molecule has 0 aliphatic carbocycles. The van der Waals surface area contributed by atoms with Gasteiger partial charge in [0.1, 0.15) is 0 Å². The van der Waals surface area contributed by atoms with Crippen LogP contribution < -0.4 is 5.32 Å². The monoisotopic (exact) mass is 291 g/mol. The number of hydrogen-bond donors (Lipinski definition) is 1. The van der Waals surface area contributed by atoms with E-state index in [2.05, 4.69) is 5.32 Å². The molecule has 1 aromatic heterocycles. The van der Waals surface area contributed by atoms with E-state index in [1.54, 1.807) is 22.3 Å². The van der Waals surface area contributed by atoms with Crippen LogP contribution in [0.5, 0.6) is 0 Å². The third-order valence-corrected chi connectivity index (χ3v) is 4.19. The fourth-order valence-corrected chi connectivity index (χ4v) is 2.87. The summed E-state index contributed by atoms with van der Waals surface area (Å²) in [5.74, 6) is -0.317. The molecule has 2 aliphatic heterocycles. The second-order valence-electron chi connectivity index (χ2n) is 4.67. The lowest BCUT2D eigenvalue weighted by Gasteiger charge is -2.41. The molecule has 1 aromatic rings. The van der Waals surface area contributed by atoms with Crippen LogP contribution in [0.4, 0.5) is 4.79 Å². The van der Waals surface area contributed by atoms with Crippen LogP contribution >= 0.6 is 11.3 Å². The van der Waals surface area contributed by atoms with Crippen molar-refractivity contribution in [2.75, 3.05) is 19.6 Å². The van der Waals surface area contributed by atoms with Crippen LogP contribution in [0, 0.1) is 0 Å². The molecule has 2 fully saturated rings. The maximum atomic E-state index is 11.9. The molecule has 0 saturated carbocycles. The van der Waals surface area contributed by atoms with Crippen LogP contribution in [0.2, 0.25) is 0 Å². The quantitative estimate of drug-likeness (QED) is 0.652. The van der Waals surface area contributed by atoms with E-state index in [9.17, 15) is 14.4 Å². The van der Waals surface area contributed by atoms with Crippen LogP contribution in [0.25, 0.3) is 6.08 Å². The third-order valence-electron chi connectivity index (χ3n) is 3.35. The average molecular weight is 291 g/mol. The van der Waals surface area contributed by atoms with Crippen molar-refractivity contribution in [1.29, 1.82) is 0 Å². The van der Waals surface area contributed by atoms with Crippen molar-refractivity contribution >= 4 is 35.3 Å². The zero-order valence-corrected chi connectivity index (χ0v) is 11.4. The van der Waals surface area contributed by atoms with Gasteiger partial charge >= 0.3 is 6.03 Å². The summed E-state index contributed by atoms with van der Waals surface area (Å²) in [7, 11) is 0. The van der Waals surface area contributed by atoms with Gasteiger partial charge in [-0.15, -0.1) is 11.3 Å². The van der Waals surface area contributed by atoms with E-state index in [0.717, 1.165) is 4.88 Å². The number of thiophene rings is 1. The van der Waals surface area contributed by atoms with Gasteiger partial charge in [-0.2, -0.15) is 0 Å². The molecular formula is C13H13N3O3S. The van der Waals surface area contributed by atoms with Crippen LogP contribution in [-0.4, -0.2) is 53.3 Å². The lowest BCUT2D eigenvalue weighted by atomic mass is 10.1. The number of likely N-dealkylation sites (tertiary alicyclic amines) is 1. The Kier molecular flexibility index (Phi) is 3.27. The molecule has 0 radical (unpaired) electrons.